The number of fused-ring (bicyclic) bond motifs is 3. The van der Waals surface area contributed by atoms with Gasteiger partial charge in [0.05, 0.1) is 52.0 Å². The van der Waals surface area contributed by atoms with Crippen molar-refractivity contribution in [2.45, 2.75) is 146 Å². The third kappa shape index (κ3) is 20.3. The molecule has 0 amide bonds. The molecule has 0 radical (unpaired) electrons. The normalized spacial score (nSPS) is 25.2. The Morgan fingerprint density at radius 3 is 0.842 bits per heavy atom. The topological polar surface area (TPSA) is 678 Å². The Morgan fingerprint density at radius 2 is 0.623 bits per heavy atom. The summed E-state index contributed by atoms with van der Waals surface area (Å²) in [6, 6.07) is 14.5. The van der Waals surface area contributed by atoms with E-state index < -0.39 is 171 Å². The number of nitrogens with zero attached hydrogens (tertiary/aromatic N) is 12. The van der Waals surface area contributed by atoms with Crippen LogP contribution >= 0.6 is 30.9 Å². The van der Waals surface area contributed by atoms with Crippen molar-refractivity contribution < 1.29 is 111 Å². The van der Waals surface area contributed by atoms with Crippen LogP contribution in [0.3, 0.4) is 0 Å². The summed E-state index contributed by atoms with van der Waals surface area (Å²) in [4.78, 5) is 70.1. The van der Waals surface area contributed by atoms with Crippen molar-refractivity contribution in [3.8, 4) is 0 Å². The number of carboxylic acids is 3. The highest BCUT2D eigenvalue weighted by atomic mass is 32.3. The highest BCUT2D eigenvalue weighted by Crippen LogP contribution is 2.55. The molecule has 6 aromatic heterocycles. The Labute approximate surface area is 657 Å². The first kappa shape index (κ1) is 87.8. The van der Waals surface area contributed by atoms with Gasteiger partial charge < -0.3 is 94.6 Å². The van der Waals surface area contributed by atoms with Gasteiger partial charge in [-0.1, -0.05) is 53.1 Å². The van der Waals surface area contributed by atoms with E-state index in [1.54, 1.807) is 55.2 Å². The fourth-order valence-electron chi connectivity index (χ4n) is 12.3. The molecular formula is C66H90N18O24S6. The Morgan fingerprint density at radius 1 is 0.395 bits per heavy atom. The van der Waals surface area contributed by atoms with E-state index in [1.807, 2.05) is 20.8 Å². The van der Waals surface area contributed by atoms with Gasteiger partial charge in [0.25, 0.3) is 0 Å². The second kappa shape index (κ2) is 35.5. The van der Waals surface area contributed by atoms with Crippen LogP contribution in [0.2, 0.25) is 0 Å². The smallest absolute Gasteiger partial charge is 0.320 e. The van der Waals surface area contributed by atoms with Crippen LogP contribution in [0.4, 0.5) is 17.5 Å². The van der Waals surface area contributed by atoms with Crippen LogP contribution in [-0.2, 0) is 69.8 Å². The monoisotopic (exact) mass is 1710 g/mol. The zero-order valence-electron chi connectivity index (χ0n) is 61.8. The fraction of sp³-hybridized carbons (Fsp3) is 0.455. The van der Waals surface area contributed by atoms with Gasteiger partial charge in [-0.05, 0) is 95.2 Å². The van der Waals surface area contributed by atoms with Crippen molar-refractivity contribution in [3.63, 3.8) is 0 Å². The molecule has 0 bridgehead atoms. The number of hydrogen-bond acceptors (Lipinski definition) is 36. The standard InChI is InChI=1S/3C22H30N6O8S2/c3*1-12-3-5-13(6-4-12)38(33,34)36-37(2,8-7-14(23)22(31)32)9-15-17(29)18(30)21(35-15)28-11-27-16-19(24)25-10-26-20(16)28/h3*3-6,10-11,14-15,17-18,21,29-30H,7-9,23H2,1-2H3,(H,31,32)(H2,24,25,26)/t3*14-,15+,17+,18+,21+/m000/s1. The highest BCUT2D eigenvalue weighted by molar-refractivity contribution is 8.33. The number of aliphatic hydroxyl groups is 6. The van der Waals surface area contributed by atoms with Crippen LogP contribution in [0.1, 0.15) is 54.6 Å². The summed E-state index contributed by atoms with van der Waals surface area (Å²) < 4.78 is 118. The van der Waals surface area contributed by atoms with Crippen molar-refractivity contribution in [1.82, 2.24) is 58.6 Å². The van der Waals surface area contributed by atoms with E-state index in [2.05, 4.69) is 44.9 Å². The Balaban J connectivity index is 0.000000181. The first-order valence-electron chi connectivity index (χ1n) is 34.5. The minimum atomic E-state index is -4.26. The van der Waals surface area contributed by atoms with Crippen LogP contribution in [0.25, 0.3) is 33.5 Å². The van der Waals surface area contributed by atoms with E-state index >= 15 is 0 Å². The van der Waals surface area contributed by atoms with Crippen LogP contribution in [-0.4, -0.2) is 274 Å². The summed E-state index contributed by atoms with van der Waals surface area (Å²) in [5.74, 6) is -3.81. The first-order chi connectivity index (χ1) is 53.4. The number of nitrogen functional groups attached to an aromatic ring is 3. The van der Waals surface area contributed by atoms with E-state index in [-0.39, 0.29) is 119 Å². The number of ether oxygens (including phenoxy) is 3. The van der Waals surface area contributed by atoms with Gasteiger partial charge in [-0.2, -0.15) is 25.3 Å². The van der Waals surface area contributed by atoms with Gasteiger partial charge in [0.15, 0.2) is 53.1 Å². The SMILES string of the molecule is Cc1ccc(S(=O)(=O)OS(C)(CC[C@H](N)C(=O)O)C[C@H]2O[C@@H](n3cnc4c(N)ncnc43)[C@H](O)[C@@H]2O)cc1.Cc1ccc(S(=O)(=O)OS(C)(CC[C@H](N)C(=O)O)C[C@H]2O[C@@H](n3cnc4c(N)ncnc43)[C@H](O)[C@@H]2O)cc1.Cc1ccc(S(=O)(=O)OS(C)(CC[C@H](N)C(=O)O)C[C@H]2O[C@@H](n3cnc4c(N)ncnc43)[C@H](O)[C@@H]2O)cc1. The van der Waals surface area contributed by atoms with Crippen molar-refractivity contribution in [2.75, 3.05) is 70.5 Å². The van der Waals surface area contributed by atoms with Crippen LogP contribution in [0, 0.1) is 20.8 Å². The molecule has 48 heteroatoms. The average molecular weight is 1710 g/mol. The Bertz CT molecular complexity index is 4770. The van der Waals surface area contributed by atoms with Crippen LogP contribution in [0.5, 0.6) is 0 Å². The van der Waals surface area contributed by atoms with Crippen molar-refractivity contribution in [2.24, 2.45) is 17.2 Å². The summed E-state index contributed by atoms with van der Waals surface area (Å²) in [6.07, 6.45) is -3.03. The molecule has 624 valence electrons. The molecule has 0 saturated carbocycles. The third-order valence-corrected chi connectivity index (χ3v) is 33.8. The first-order valence-corrected chi connectivity index (χ1v) is 45.7. The number of aliphatic carboxylic acids is 3. The van der Waals surface area contributed by atoms with E-state index in [9.17, 15) is 85.6 Å². The zero-order valence-corrected chi connectivity index (χ0v) is 66.7. The van der Waals surface area contributed by atoms with Gasteiger partial charge in [0.2, 0.25) is 0 Å². The third-order valence-electron chi connectivity index (χ3n) is 18.8. The molecule has 3 unspecified atom stereocenters. The maximum atomic E-state index is 13.1. The molecule has 3 aliphatic heterocycles. The number of carboxylic acid groups (broad SMARTS) is 3. The number of benzene rings is 3. The molecule has 18 atom stereocenters. The summed E-state index contributed by atoms with van der Waals surface area (Å²) in [7, 11) is -20.8. The van der Waals surface area contributed by atoms with Gasteiger partial charge in [-0.25, -0.2) is 55.7 Å². The number of aliphatic hydroxyl groups excluding tert-OH is 6. The van der Waals surface area contributed by atoms with Crippen LogP contribution in [0.15, 0.2) is 125 Å². The molecule has 3 fully saturated rings. The number of imidazole rings is 3. The predicted molar refractivity (Wildman–Crippen MR) is 416 cm³/mol. The van der Waals surface area contributed by atoms with Crippen molar-refractivity contribution >= 4 is 130 Å². The van der Waals surface area contributed by atoms with E-state index in [1.165, 1.54) is 88.1 Å². The summed E-state index contributed by atoms with van der Waals surface area (Å²) in [5, 5.41) is 92.6. The molecule has 9 aromatic rings. The lowest BCUT2D eigenvalue weighted by molar-refractivity contribution is -0.139. The van der Waals surface area contributed by atoms with E-state index in [0.717, 1.165) is 16.7 Å². The maximum absolute atomic E-state index is 13.1. The minimum Gasteiger partial charge on any atom is -0.480 e. The lowest BCUT2D eigenvalue weighted by Gasteiger charge is -2.37. The molecule has 0 spiro atoms. The molecule has 3 aromatic carbocycles. The summed E-state index contributed by atoms with van der Waals surface area (Å²) >= 11 is 0. The second-order valence-electron chi connectivity index (χ2n) is 27.8. The zero-order chi connectivity index (χ0) is 83.5. The molecule has 3 aliphatic rings. The van der Waals surface area contributed by atoms with Crippen molar-refractivity contribution in [1.29, 1.82) is 0 Å². The number of hydrogen-bond donors (Lipinski definition) is 15. The number of nitrogens with two attached hydrogens (primary N) is 6. The molecule has 3 saturated heterocycles. The lowest BCUT2D eigenvalue weighted by Crippen LogP contribution is -2.37. The predicted octanol–water partition coefficient (Wildman–Crippen LogP) is -0.321. The largest absolute Gasteiger partial charge is 0.480 e. The van der Waals surface area contributed by atoms with Gasteiger partial charge in [0.1, 0.15) is 90.3 Å². The number of aryl methyl sites for hydroxylation is 3. The second-order valence-corrected chi connectivity index (χ2v) is 42.9. The molecule has 114 heavy (non-hydrogen) atoms. The van der Waals surface area contributed by atoms with E-state index in [4.69, 9.17) is 59.5 Å². The van der Waals surface area contributed by atoms with Gasteiger partial charge in [-0.3, -0.25) is 28.1 Å². The summed E-state index contributed by atoms with van der Waals surface area (Å²) in [6.45, 7) is 5.43. The average Bonchev–Trinajstić information content (AvgIpc) is 1.60. The number of carbonyl (C=O) groups is 3. The molecular weight excluding hydrogens is 1620 g/mol. The Hall–Kier alpha value is -8.58. The Kier molecular flexibility index (Phi) is 27.3. The number of rotatable bonds is 30. The minimum absolute atomic E-state index is 0.0172. The molecule has 21 N–H and O–H groups in total. The highest BCUT2D eigenvalue weighted by Gasteiger charge is 2.51. The quantitative estimate of drug-likeness (QED) is 0.0274. The molecule has 12 rings (SSSR count). The maximum Gasteiger partial charge on any atom is 0.320 e. The summed E-state index contributed by atoms with van der Waals surface area (Å²) in [5.41, 5.74) is 38.8. The molecule has 42 nitrogen and oxygen atoms in total. The number of aromatic nitrogens is 12. The van der Waals surface area contributed by atoms with Gasteiger partial charge in [0, 0.05) is 34.5 Å². The van der Waals surface area contributed by atoms with Gasteiger partial charge >= 0.3 is 48.3 Å². The van der Waals surface area contributed by atoms with E-state index in [0.29, 0.717) is 0 Å². The lowest BCUT2D eigenvalue weighted by atomic mass is 10.1. The van der Waals surface area contributed by atoms with Gasteiger partial charge in [-0.15, -0.1) is 30.9 Å². The molecule has 0 aliphatic carbocycles. The fourth-order valence-corrected chi connectivity index (χ4v) is 27.0. The molecule has 9 heterocycles. The number of anilines is 3. The van der Waals surface area contributed by atoms with Crippen LogP contribution < -0.4 is 34.4 Å². The van der Waals surface area contributed by atoms with Crippen molar-refractivity contribution in [3.05, 3.63) is 127 Å².